The van der Waals surface area contributed by atoms with Crippen molar-refractivity contribution in [3.63, 3.8) is 0 Å². The van der Waals surface area contributed by atoms with E-state index in [1.165, 1.54) is 31.8 Å². The van der Waals surface area contributed by atoms with E-state index in [1.54, 1.807) is 26.0 Å². The van der Waals surface area contributed by atoms with Gasteiger partial charge in [0.2, 0.25) is 5.78 Å². The van der Waals surface area contributed by atoms with Gasteiger partial charge in [-0.05, 0) is 79.1 Å². The third-order valence-corrected chi connectivity index (χ3v) is 9.11. The Hall–Kier alpha value is -3.08. The number of aromatic nitrogens is 1. The number of pyridine rings is 1. The molecule has 0 radical (unpaired) electrons. The van der Waals surface area contributed by atoms with Gasteiger partial charge in [-0.1, -0.05) is 132 Å². The molecule has 2 heterocycles. The van der Waals surface area contributed by atoms with Gasteiger partial charge in [-0.15, -0.1) is 9.24 Å². The van der Waals surface area contributed by atoms with E-state index in [4.69, 9.17) is 26.1 Å². The first-order chi connectivity index (χ1) is 24.1. The average molecular weight is 758 g/mol. The number of carboxylic acids is 1. The summed E-state index contributed by atoms with van der Waals surface area (Å²) in [6.07, 6.45) is 10.9. The van der Waals surface area contributed by atoms with Crippen molar-refractivity contribution in [2.45, 2.75) is 141 Å². The van der Waals surface area contributed by atoms with Crippen LogP contribution in [0.4, 0.5) is 4.39 Å². The zero-order valence-electron chi connectivity index (χ0n) is 34.4. The number of furan rings is 1. The molecule has 5 nitrogen and oxygen atoms in total. The van der Waals surface area contributed by atoms with E-state index >= 15 is 0 Å². The Labute approximate surface area is 321 Å². The molecule has 0 bridgehead atoms. The molecule has 52 heavy (non-hydrogen) atoms. The van der Waals surface area contributed by atoms with Crippen LogP contribution in [0, 0.1) is 11.3 Å². The molecule has 0 amide bonds. The van der Waals surface area contributed by atoms with Crippen LogP contribution in [0.15, 0.2) is 70.0 Å². The summed E-state index contributed by atoms with van der Waals surface area (Å²) in [7, 11) is 2.65. The average Bonchev–Trinajstić information content (AvgIpc) is 3.51. The number of Topliss-reactive ketones (excluding diaryl/α,β-unsaturated/α-hetero) is 1. The number of halogens is 2. The summed E-state index contributed by atoms with van der Waals surface area (Å²) in [6, 6.07) is 9.66. The maximum absolute atomic E-state index is 13.3. The minimum absolute atomic E-state index is 0.0237. The SMILES string of the molecule is CCC(C)C(=O)c1cc2nc(-c3ccc(Cl)c(P)c3)cc(C(C)(C)C)c2o1.CCCC.CCCC(C)(C)C.C\C=C(/C=C(F)\C(C)=C\CC)C(=O)O. The Bertz CT molecular complexity index is 1670. The summed E-state index contributed by atoms with van der Waals surface area (Å²) in [4.78, 5) is 27.9. The topological polar surface area (TPSA) is 80.4 Å². The number of rotatable bonds is 10. The number of fused-ring (bicyclic) bond motifs is 1. The summed E-state index contributed by atoms with van der Waals surface area (Å²) >= 11 is 6.15. The van der Waals surface area contributed by atoms with Gasteiger partial charge in [-0.2, -0.15) is 0 Å². The smallest absolute Gasteiger partial charge is 0.335 e. The van der Waals surface area contributed by atoms with Crippen molar-refractivity contribution >= 4 is 49.0 Å². The van der Waals surface area contributed by atoms with Crippen LogP contribution in [0.5, 0.6) is 0 Å². The minimum Gasteiger partial charge on any atom is -0.478 e. The predicted octanol–water partition coefficient (Wildman–Crippen LogP) is 14.0. The number of allylic oxidation sites excluding steroid dienone is 4. The highest BCUT2D eigenvalue weighted by molar-refractivity contribution is 7.28. The van der Waals surface area contributed by atoms with E-state index in [9.17, 15) is 14.0 Å². The summed E-state index contributed by atoms with van der Waals surface area (Å²) in [5, 5.41) is 10.3. The first-order valence-corrected chi connectivity index (χ1v) is 19.6. The number of carboxylic acid groups (broad SMARTS) is 1. The number of unbranched alkanes of at least 4 members (excludes halogenated alkanes) is 1. The number of benzene rings is 1. The van der Waals surface area contributed by atoms with Gasteiger partial charge >= 0.3 is 5.97 Å². The van der Waals surface area contributed by atoms with Gasteiger partial charge < -0.3 is 9.52 Å². The van der Waals surface area contributed by atoms with Crippen molar-refractivity contribution in [3.05, 3.63) is 81.9 Å². The van der Waals surface area contributed by atoms with E-state index in [2.05, 4.69) is 77.6 Å². The summed E-state index contributed by atoms with van der Waals surface area (Å²) in [5.74, 6) is -1.28. The predicted molar refractivity (Wildman–Crippen MR) is 226 cm³/mol. The molecule has 1 N–H and O–H groups in total. The van der Waals surface area contributed by atoms with Crippen LogP contribution in [-0.4, -0.2) is 21.8 Å². The monoisotopic (exact) mass is 757 g/mol. The van der Waals surface area contributed by atoms with Crippen LogP contribution in [0.3, 0.4) is 0 Å². The number of carbonyl (C=O) groups is 2. The van der Waals surface area contributed by atoms with Crippen molar-refractivity contribution in [3.8, 4) is 11.3 Å². The Morgan fingerprint density at radius 2 is 1.60 bits per heavy atom. The third kappa shape index (κ3) is 17.2. The lowest BCUT2D eigenvalue weighted by molar-refractivity contribution is -0.132. The van der Waals surface area contributed by atoms with Crippen LogP contribution in [0.2, 0.25) is 5.02 Å². The molecule has 3 rings (SSSR count). The van der Waals surface area contributed by atoms with Gasteiger partial charge in [-0.25, -0.2) is 14.2 Å². The van der Waals surface area contributed by atoms with Crippen LogP contribution in [0.1, 0.15) is 152 Å². The van der Waals surface area contributed by atoms with Crippen molar-refractivity contribution in [1.29, 1.82) is 0 Å². The highest BCUT2D eigenvalue weighted by atomic mass is 35.5. The maximum atomic E-state index is 13.3. The van der Waals surface area contributed by atoms with Gasteiger partial charge in [0.25, 0.3) is 0 Å². The first kappa shape index (κ1) is 48.9. The first-order valence-electron chi connectivity index (χ1n) is 18.6. The molecule has 0 fully saturated rings. The molecule has 2 unspecified atom stereocenters. The second kappa shape index (κ2) is 23.6. The van der Waals surface area contributed by atoms with E-state index < -0.39 is 11.8 Å². The number of carbonyl (C=O) groups excluding carboxylic acids is 1. The molecule has 0 aliphatic heterocycles. The molecular weight excluding hydrogens is 692 g/mol. The molecule has 1 aromatic carbocycles. The zero-order chi connectivity index (χ0) is 40.4. The normalized spacial score (nSPS) is 12.9. The zero-order valence-corrected chi connectivity index (χ0v) is 36.3. The molecule has 0 saturated heterocycles. The van der Waals surface area contributed by atoms with Gasteiger partial charge in [0, 0.05) is 28.1 Å². The highest BCUT2D eigenvalue weighted by Gasteiger charge is 2.25. The number of hydrogen-bond donors (Lipinski definition) is 1. The molecule has 2 atom stereocenters. The molecule has 0 aliphatic rings. The second-order valence-corrected chi connectivity index (χ2v) is 16.2. The summed E-state index contributed by atoms with van der Waals surface area (Å²) < 4.78 is 19.3. The minimum atomic E-state index is -1.12. The molecule has 3 aromatic rings. The fourth-order valence-corrected chi connectivity index (χ4v) is 5.05. The van der Waals surface area contributed by atoms with Crippen molar-refractivity contribution in [1.82, 2.24) is 4.98 Å². The number of ketones is 1. The van der Waals surface area contributed by atoms with E-state index in [-0.39, 0.29) is 22.7 Å². The maximum Gasteiger partial charge on any atom is 0.335 e. The lowest BCUT2D eigenvalue weighted by atomic mass is 9.86. The number of nitrogens with zero attached hydrogens (tertiary/aromatic N) is 1. The standard InChI is InChI=1S/C22H25ClNO2P.C11H15FO2.C7H16.C4H10/c1-6-12(2)20(25)18-11-17-21(26-18)14(22(3,4)5)10-16(24-17)13-7-8-15(23)19(27)9-13;1-4-6-8(3)10(12)7-9(5-2)11(13)14;1-5-6-7(2,3)4;1-3-4-2/h7-12H,6,27H2,1-5H3;5-7H,4H2,1-3H3,(H,13,14);5-6H2,1-4H3;3-4H2,1-2H3/b;8-6+,9-5+,10-7+;;. The summed E-state index contributed by atoms with van der Waals surface area (Å²) in [6.45, 7) is 28.8. The van der Waals surface area contributed by atoms with Gasteiger partial charge in [0.05, 0.1) is 11.3 Å². The molecular formula is C44H66ClFNO4P. The molecule has 2 aromatic heterocycles. The van der Waals surface area contributed by atoms with E-state index in [1.807, 2.05) is 39.0 Å². The van der Waals surface area contributed by atoms with Gasteiger partial charge in [-0.3, -0.25) is 4.79 Å². The molecule has 8 heteroatoms. The van der Waals surface area contributed by atoms with Gasteiger partial charge in [0.1, 0.15) is 11.3 Å². The lowest BCUT2D eigenvalue weighted by Crippen LogP contribution is -2.12. The van der Waals surface area contributed by atoms with E-state index in [0.29, 0.717) is 32.9 Å². The Kier molecular flexibility index (Phi) is 22.2. The Morgan fingerprint density at radius 1 is 1.00 bits per heavy atom. The largest absolute Gasteiger partial charge is 0.478 e. The van der Waals surface area contributed by atoms with E-state index in [0.717, 1.165) is 41.0 Å². The van der Waals surface area contributed by atoms with Crippen molar-refractivity contribution < 1.29 is 23.5 Å². The highest BCUT2D eigenvalue weighted by Crippen LogP contribution is 2.35. The Balaban J connectivity index is 0.000000866. The van der Waals surface area contributed by atoms with Crippen LogP contribution in [-0.2, 0) is 10.2 Å². The number of hydrogen-bond acceptors (Lipinski definition) is 4. The van der Waals surface area contributed by atoms with Crippen molar-refractivity contribution in [2.24, 2.45) is 11.3 Å². The Morgan fingerprint density at radius 3 is 2.00 bits per heavy atom. The lowest BCUT2D eigenvalue weighted by Gasteiger charge is -2.20. The van der Waals surface area contributed by atoms with Crippen LogP contribution in [0.25, 0.3) is 22.4 Å². The van der Waals surface area contributed by atoms with Crippen LogP contribution >= 0.6 is 20.8 Å². The molecule has 0 spiro atoms. The summed E-state index contributed by atoms with van der Waals surface area (Å²) in [5.41, 5.74) is 5.09. The van der Waals surface area contributed by atoms with Gasteiger partial charge in [0.15, 0.2) is 11.3 Å². The second-order valence-electron chi connectivity index (χ2n) is 15.2. The fourth-order valence-electron chi connectivity index (χ4n) is 4.65. The fraction of sp³-hybridized carbons (Fsp3) is 0.523. The van der Waals surface area contributed by atoms with Crippen molar-refractivity contribution in [2.75, 3.05) is 0 Å². The molecule has 0 aliphatic carbocycles. The quantitative estimate of drug-likeness (QED) is 0.0964. The third-order valence-electron chi connectivity index (χ3n) is 8.11. The molecule has 0 saturated carbocycles. The van der Waals surface area contributed by atoms with Crippen LogP contribution < -0.4 is 5.30 Å². The number of aliphatic carboxylic acids is 1. The molecule has 290 valence electrons.